The Morgan fingerprint density at radius 3 is 2.28 bits per heavy atom. The number of urea groups is 1. The fraction of sp³-hybridized carbons (Fsp3) is 0.458. The van der Waals surface area contributed by atoms with Crippen LogP contribution in [-0.2, 0) is 10.0 Å². The smallest absolute Gasteiger partial charge is 0.320 e. The van der Waals surface area contributed by atoms with E-state index in [9.17, 15) is 17.6 Å². The van der Waals surface area contributed by atoms with Crippen LogP contribution in [0.1, 0.15) is 18.4 Å². The van der Waals surface area contributed by atoms with Gasteiger partial charge in [0, 0.05) is 57.2 Å². The summed E-state index contributed by atoms with van der Waals surface area (Å²) in [6.07, 6.45) is 0.832. The van der Waals surface area contributed by atoms with Gasteiger partial charge >= 0.3 is 6.03 Å². The second-order valence-electron chi connectivity index (χ2n) is 9.18. The summed E-state index contributed by atoms with van der Waals surface area (Å²) >= 11 is 18.3. The second-order valence-corrected chi connectivity index (χ2v) is 12.4. The topological polar surface area (TPSA) is 70.2 Å². The van der Waals surface area contributed by atoms with Crippen molar-refractivity contribution >= 4 is 50.9 Å². The average Bonchev–Trinajstić information content (AvgIpc) is 3.28. The minimum Gasteiger partial charge on any atom is -0.490 e. The van der Waals surface area contributed by atoms with Crippen molar-refractivity contribution in [2.75, 3.05) is 45.5 Å². The quantitative estimate of drug-likeness (QED) is 0.503. The lowest BCUT2D eigenvalue weighted by Crippen LogP contribution is -2.53. The number of halogens is 4. The molecule has 0 spiro atoms. The molecular formula is C24H27Cl3FN3O4S. The molecule has 0 radical (unpaired) electrons. The predicted molar refractivity (Wildman–Crippen MR) is 139 cm³/mol. The van der Waals surface area contributed by atoms with E-state index in [-0.39, 0.29) is 42.1 Å². The van der Waals surface area contributed by atoms with Crippen LogP contribution in [0.3, 0.4) is 0 Å². The van der Waals surface area contributed by atoms with Crippen molar-refractivity contribution in [3.05, 3.63) is 62.8 Å². The van der Waals surface area contributed by atoms with Crippen molar-refractivity contribution in [2.24, 2.45) is 5.92 Å². The van der Waals surface area contributed by atoms with E-state index in [4.69, 9.17) is 39.5 Å². The van der Waals surface area contributed by atoms with Crippen LogP contribution >= 0.6 is 34.8 Å². The van der Waals surface area contributed by atoms with Crippen LogP contribution in [0.4, 0.5) is 9.18 Å². The third kappa shape index (κ3) is 6.02. The summed E-state index contributed by atoms with van der Waals surface area (Å²) in [5.74, 6) is -0.290. The van der Waals surface area contributed by atoms with Crippen molar-refractivity contribution < 1.29 is 22.3 Å². The Balaban J connectivity index is 1.53. The van der Waals surface area contributed by atoms with Crippen LogP contribution in [0.5, 0.6) is 5.75 Å². The molecule has 2 amide bonds. The Bertz CT molecular complexity index is 1240. The van der Waals surface area contributed by atoms with Crippen LogP contribution in [0.15, 0.2) is 36.4 Å². The lowest BCUT2D eigenvalue weighted by atomic mass is 9.85. The zero-order chi connectivity index (χ0) is 26.2. The van der Waals surface area contributed by atoms with Gasteiger partial charge in [-0.1, -0.05) is 40.9 Å². The lowest BCUT2D eigenvalue weighted by Gasteiger charge is -2.35. The molecule has 0 saturated carbocycles. The molecule has 2 heterocycles. The minimum atomic E-state index is -3.29. The largest absolute Gasteiger partial charge is 0.490 e. The summed E-state index contributed by atoms with van der Waals surface area (Å²) in [5, 5.41) is 0.836. The minimum absolute atomic E-state index is 0.0304. The SMILES string of the molecule is C[C@H](Oc1ccc(F)c(Cl)c1)[C@@H]1CN(C(=O)N2CCN(S(C)(=O)=O)CC2)C[C@@H]1c1ccc(Cl)c(Cl)c1. The average molecular weight is 579 g/mol. The zero-order valence-electron chi connectivity index (χ0n) is 19.8. The van der Waals surface area contributed by atoms with Crippen LogP contribution in [0.25, 0.3) is 0 Å². The van der Waals surface area contributed by atoms with Crippen molar-refractivity contribution in [1.29, 1.82) is 0 Å². The molecule has 0 N–H and O–H groups in total. The number of hydrogen-bond donors (Lipinski definition) is 0. The number of benzene rings is 2. The lowest BCUT2D eigenvalue weighted by molar-refractivity contribution is 0.128. The maximum absolute atomic E-state index is 13.6. The maximum atomic E-state index is 13.6. The Morgan fingerprint density at radius 1 is 0.972 bits per heavy atom. The molecule has 2 aromatic carbocycles. The van der Waals surface area contributed by atoms with E-state index < -0.39 is 15.8 Å². The summed E-state index contributed by atoms with van der Waals surface area (Å²) in [5.41, 5.74) is 0.930. The van der Waals surface area contributed by atoms with Crippen LogP contribution < -0.4 is 4.74 Å². The van der Waals surface area contributed by atoms with Gasteiger partial charge in [0.1, 0.15) is 17.7 Å². The number of amides is 2. The van der Waals surface area contributed by atoms with Crippen LogP contribution in [-0.4, -0.2) is 80.2 Å². The van der Waals surface area contributed by atoms with E-state index in [1.54, 1.807) is 15.9 Å². The Morgan fingerprint density at radius 2 is 1.67 bits per heavy atom. The van der Waals surface area contributed by atoms with Gasteiger partial charge in [0.25, 0.3) is 0 Å². The van der Waals surface area contributed by atoms with Gasteiger partial charge in [0.2, 0.25) is 10.0 Å². The normalized spacial score (nSPS) is 22.1. The van der Waals surface area contributed by atoms with Gasteiger partial charge in [-0.15, -0.1) is 0 Å². The Kier molecular flexibility index (Phi) is 8.26. The highest BCUT2D eigenvalue weighted by Crippen LogP contribution is 2.39. The molecule has 196 valence electrons. The molecule has 2 aromatic rings. The number of hydrogen-bond acceptors (Lipinski definition) is 4. The Hall–Kier alpha value is -1.78. The molecule has 0 unspecified atom stereocenters. The molecular weight excluding hydrogens is 552 g/mol. The van der Waals surface area contributed by atoms with Crippen molar-refractivity contribution in [1.82, 2.24) is 14.1 Å². The third-order valence-corrected chi connectivity index (χ3v) is 9.13. The number of rotatable bonds is 5. The van der Waals surface area contributed by atoms with Gasteiger partial charge in [-0.3, -0.25) is 0 Å². The highest BCUT2D eigenvalue weighted by molar-refractivity contribution is 7.88. The molecule has 3 atom stereocenters. The predicted octanol–water partition coefficient (Wildman–Crippen LogP) is 4.97. The summed E-state index contributed by atoms with van der Waals surface area (Å²) in [6, 6.07) is 9.49. The number of sulfonamides is 1. The number of carbonyl (C=O) groups is 1. The molecule has 0 bridgehead atoms. The molecule has 4 rings (SSSR count). The second kappa shape index (κ2) is 10.9. The van der Waals surface area contributed by atoms with Gasteiger partial charge in [-0.05, 0) is 36.8 Å². The number of ether oxygens (including phenoxy) is 1. The van der Waals surface area contributed by atoms with E-state index in [0.29, 0.717) is 42.0 Å². The van der Waals surface area contributed by atoms with Crippen molar-refractivity contribution in [3.8, 4) is 5.75 Å². The number of piperazine rings is 1. The first-order chi connectivity index (χ1) is 16.9. The van der Waals surface area contributed by atoms with Gasteiger partial charge < -0.3 is 14.5 Å². The van der Waals surface area contributed by atoms with E-state index >= 15 is 0 Å². The molecule has 2 saturated heterocycles. The highest BCUT2D eigenvalue weighted by atomic mass is 35.5. The number of carbonyl (C=O) groups excluding carboxylic acids is 1. The Labute approximate surface area is 225 Å². The molecule has 2 aliphatic rings. The molecule has 0 aliphatic carbocycles. The van der Waals surface area contributed by atoms with E-state index in [1.165, 1.54) is 28.8 Å². The molecule has 2 aliphatic heterocycles. The number of nitrogens with zero attached hydrogens (tertiary/aromatic N) is 3. The first-order valence-corrected chi connectivity index (χ1v) is 14.5. The monoisotopic (exact) mass is 577 g/mol. The van der Waals surface area contributed by atoms with Gasteiger partial charge in [-0.2, -0.15) is 4.31 Å². The first-order valence-electron chi connectivity index (χ1n) is 11.5. The highest BCUT2D eigenvalue weighted by Gasteiger charge is 2.42. The van der Waals surface area contributed by atoms with E-state index in [0.717, 1.165) is 5.56 Å². The molecule has 12 heteroatoms. The van der Waals surface area contributed by atoms with Gasteiger partial charge in [-0.25, -0.2) is 17.6 Å². The first kappa shape index (κ1) is 27.3. The van der Waals surface area contributed by atoms with Crippen LogP contribution in [0.2, 0.25) is 15.1 Å². The standard InChI is InChI=1S/C24H27Cl3FN3O4S/c1-15(35-17-4-6-23(28)22(27)12-17)18-13-30(14-19(18)16-3-5-20(25)21(26)11-16)24(32)29-7-9-31(10-8-29)36(2,33)34/h3-6,11-12,15,18-19H,7-10,13-14H2,1-2H3/t15-,18-,19+/m0/s1. The summed E-state index contributed by atoms with van der Waals surface area (Å²) in [4.78, 5) is 16.9. The maximum Gasteiger partial charge on any atom is 0.320 e. The summed E-state index contributed by atoms with van der Waals surface area (Å²) in [6.45, 7) is 3.95. The third-order valence-electron chi connectivity index (χ3n) is 6.80. The number of likely N-dealkylation sites (tertiary alicyclic amines) is 1. The van der Waals surface area contributed by atoms with Crippen molar-refractivity contribution in [2.45, 2.75) is 18.9 Å². The van der Waals surface area contributed by atoms with E-state index in [1.807, 2.05) is 19.1 Å². The van der Waals surface area contributed by atoms with Gasteiger partial charge in [0.15, 0.2) is 0 Å². The van der Waals surface area contributed by atoms with Gasteiger partial charge in [0.05, 0.1) is 21.3 Å². The molecule has 36 heavy (non-hydrogen) atoms. The van der Waals surface area contributed by atoms with Crippen LogP contribution in [0, 0.1) is 11.7 Å². The molecule has 2 fully saturated rings. The molecule has 7 nitrogen and oxygen atoms in total. The van der Waals surface area contributed by atoms with E-state index in [2.05, 4.69) is 0 Å². The summed E-state index contributed by atoms with van der Waals surface area (Å²) in [7, 11) is -3.29. The molecule has 0 aromatic heterocycles. The fourth-order valence-corrected chi connectivity index (χ4v) is 6.12. The fourth-order valence-electron chi connectivity index (χ4n) is 4.82. The van der Waals surface area contributed by atoms with Crippen molar-refractivity contribution in [3.63, 3.8) is 0 Å². The zero-order valence-corrected chi connectivity index (χ0v) is 22.9. The summed E-state index contributed by atoms with van der Waals surface area (Å²) < 4.78 is 44.8.